The molecule has 0 spiro atoms. The van der Waals surface area contributed by atoms with E-state index in [1.807, 2.05) is 42.2 Å². The number of para-hydroxylation sites is 1. The molecule has 3 aromatic rings. The number of hydrogen-bond acceptors (Lipinski definition) is 4. The predicted octanol–water partition coefficient (Wildman–Crippen LogP) is 2.41. The molecule has 6 nitrogen and oxygen atoms in total. The summed E-state index contributed by atoms with van der Waals surface area (Å²) in [6.07, 6.45) is 1.63. The molecule has 0 aliphatic carbocycles. The van der Waals surface area contributed by atoms with Crippen LogP contribution < -0.4 is 10.9 Å². The van der Waals surface area contributed by atoms with Gasteiger partial charge >= 0.3 is 0 Å². The molecule has 0 fully saturated rings. The Bertz CT molecular complexity index is 889. The zero-order chi connectivity index (χ0) is 16.9. The molecular weight excluding hydrogens is 324 g/mol. The Hall–Kier alpha value is -2.67. The lowest BCUT2D eigenvalue weighted by Gasteiger charge is -2.23. The van der Waals surface area contributed by atoms with E-state index in [1.54, 1.807) is 12.3 Å². The van der Waals surface area contributed by atoms with Gasteiger partial charge in [-0.1, -0.05) is 12.1 Å². The van der Waals surface area contributed by atoms with Gasteiger partial charge in [0.1, 0.15) is 11.6 Å². The number of hydrogen-bond donors (Lipinski definition) is 2. The first-order valence-corrected chi connectivity index (χ1v) is 8.11. The summed E-state index contributed by atoms with van der Waals surface area (Å²) >= 11 is 5.43. The normalized spacial score (nSPS) is 10.7. The molecular formula is C17H18N4O2S. The van der Waals surface area contributed by atoms with Crippen LogP contribution in [-0.4, -0.2) is 26.5 Å². The molecule has 124 valence electrons. The molecule has 3 rings (SSSR count). The van der Waals surface area contributed by atoms with Gasteiger partial charge < -0.3 is 19.6 Å². The molecule has 2 heterocycles. The topological polar surface area (TPSA) is 74.2 Å². The lowest BCUT2D eigenvalue weighted by Crippen LogP contribution is -2.39. The zero-order valence-corrected chi connectivity index (χ0v) is 14.1. The van der Waals surface area contributed by atoms with Crippen LogP contribution >= 0.6 is 12.2 Å². The maximum Gasteiger partial charge on any atom is 0.258 e. The Morgan fingerprint density at radius 2 is 2.17 bits per heavy atom. The highest BCUT2D eigenvalue weighted by molar-refractivity contribution is 7.80. The van der Waals surface area contributed by atoms with E-state index in [4.69, 9.17) is 16.6 Å². The van der Waals surface area contributed by atoms with Crippen molar-refractivity contribution in [3.63, 3.8) is 0 Å². The van der Waals surface area contributed by atoms with Crippen LogP contribution in [0.1, 0.15) is 18.5 Å². The third-order valence-electron chi connectivity index (χ3n) is 3.67. The maximum absolute atomic E-state index is 12.1. The molecule has 0 atom stereocenters. The average molecular weight is 342 g/mol. The van der Waals surface area contributed by atoms with Crippen molar-refractivity contribution in [3.05, 3.63) is 64.6 Å². The minimum atomic E-state index is -0.138. The second kappa shape index (κ2) is 7.27. The fourth-order valence-electron chi connectivity index (χ4n) is 2.41. The van der Waals surface area contributed by atoms with Crippen molar-refractivity contribution in [3.8, 4) is 0 Å². The van der Waals surface area contributed by atoms with Crippen LogP contribution in [0.25, 0.3) is 10.9 Å². The molecule has 0 saturated heterocycles. The lowest BCUT2D eigenvalue weighted by atomic mass is 10.2. The minimum absolute atomic E-state index is 0.138. The van der Waals surface area contributed by atoms with Crippen molar-refractivity contribution in [2.24, 2.45) is 0 Å². The van der Waals surface area contributed by atoms with Crippen LogP contribution in [0.3, 0.4) is 0 Å². The van der Waals surface area contributed by atoms with Gasteiger partial charge in [-0.05, 0) is 43.4 Å². The second-order valence-corrected chi connectivity index (χ2v) is 5.67. The molecule has 0 unspecified atom stereocenters. The summed E-state index contributed by atoms with van der Waals surface area (Å²) < 4.78 is 5.28. The Morgan fingerprint density at radius 1 is 1.33 bits per heavy atom. The number of aromatic nitrogens is 2. The van der Waals surface area contributed by atoms with Gasteiger partial charge in [0.25, 0.3) is 5.56 Å². The number of benzene rings is 1. The summed E-state index contributed by atoms with van der Waals surface area (Å²) in [6.45, 7) is 3.64. The quantitative estimate of drug-likeness (QED) is 0.694. The van der Waals surface area contributed by atoms with Crippen LogP contribution in [-0.2, 0) is 13.1 Å². The van der Waals surface area contributed by atoms with Gasteiger partial charge in [-0.3, -0.25) is 4.79 Å². The molecule has 0 aliphatic rings. The van der Waals surface area contributed by atoms with Gasteiger partial charge in [0.05, 0.1) is 30.3 Å². The number of nitrogens with one attached hydrogen (secondary N) is 2. The molecule has 2 aromatic heterocycles. The van der Waals surface area contributed by atoms with E-state index >= 15 is 0 Å². The van der Waals surface area contributed by atoms with Gasteiger partial charge in [0.15, 0.2) is 5.11 Å². The maximum atomic E-state index is 12.1. The van der Waals surface area contributed by atoms with Crippen LogP contribution in [0.4, 0.5) is 0 Å². The summed E-state index contributed by atoms with van der Waals surface area (Å²) in [7, 11) is 0. The third kappa shape index (κ3) is 3.62. The number of aromatic amines is 1. The Morgan fingerprint density at radius 3 is 2.92 bits per heavy atom. The van der Waals surface area contributed by atoms with E-state index in [2.05, 4.69) is 15.3 Å². The van der Waals surface area contributed by atoms with Crippen LogP contribution in [0.15, 0.2) is 51.9 Å². The molecule has 24 heavy (non-hydrogen) atoms. The summed E-state index contributed by atoms with van der Waals surface area (Å²) in [5.74, 6) is 1.40. The summed E-state index contributed by atoms with van der Waals surface area (Å²) in [6, 6.07) is 11.0. The second-order valence-electron chi connectivity index (χ2n) is 5.28. The van der Waals surface area contributed by atoms with Crippen LogP contribution in [0.5, 0.6) is 0 Å². The molecule has 0 radical (unpaired) electrons. The molecule has 2 N–H and O–H groups in total. The number of thiocarbonyl (C=S) groups is 1. The number of H-pyrrole nitrogens is 1. The standard InChI is InChI=1S/C17H18N4O2S/c1-2-21(17(24)18-10-12-6-5-9-23-12)11-15-19-14-8-4-3-7-13(14)16(22)20-15/h3-9H,2,10-11H2,1H3,(H,18,24)(H,19,20,22). The SMILES string of the molecule is CCN(Cc1nc2ccccc2c(=O)[nH]1)C(=S)NCc1ccco1. The van der Waals surface area contributed by atoms with E-state index in [0.717, 1.165) is 5.76 Å². The number of rotatable bonds is 5. The molecule has 0 saturated carbocycles. The van der Waals surface area contributed by atoms with Gasteiger partial charge in [0, 0.05) is 6.54 Å². The molecule has 7 heteroatoms. The van der Waals surface area contributed by atoms with Gasteiger partial charge in [-0.15, -0.1) is 0 Å². The first-order chi connectivity index (χ1) is 11.7. The van der Waals surface area contributed by atoms with E-state index in [-0.39, 0.29) is 5.56 Å². The van der Waals surface area contributed by atoms with Gasteiger partial charge in [-0.25, -0.2) is 4.98 Å². The Balaban J connectivity index is 1.72. The number of furan rings is 1. The fraction of sp³-hybridized carbons (Fsp3) is 0.235. The molecule has 0 bridgehead atoms. The monoisotopic (exact) mass is 342 g/mol. The highest BCUT2D eigenvalue weighted by Crippen LogP contribution is 2.07. The highest BCUT2D eigenvalue weighted by Gasteiger charge is 2.11. The Kier molecular flexibility index (Phi) is 4.90. The summed E-state index contributed by atoms with van der Waals surface area (Å²) in [4.78, 5) is 21.4. The Labute approximate surface area is 144 Å². The van der Waals surface area contributed by atoms with Crippen molar-refractivity contribution in [1.82, 2.24) is 20.2 Å². The first kappa shape index (κ1) is 16.2. The smallest absolute Gasteiger partial charge is 0.258 e. The molecule has 0 amide bonds. The van der Waals surface area contributed by atoms with E-state index in [1.165, 1.54) is 0 Å². The fourth-order valence-corrected chi connectivity index (χ4v) is 2.67. The van der Waals surface area contributed by atoms with E-state index in [0.29, 0.717) is 41.5 Å². The largest absolute Gasteiger partial charge is 0.467 e. The lowest BCUT2D eigenvalue weighted by molar-refractivity contribution is 0.410. The predicted molar refractivity (Wildman–Crippen MR) is 96.6 cm³/mol. The van der Waals surface area contributed by atoms with E-state index < -0.39 is 0 Å². The van der Waals surface area contributed by atoms with Crippen molar-refractivity contribution in [1.29, 1.82) is 0 Å². The number of fused-ring (bicyclic) bond motifs is 1. The first-order valence-electron chi connectivity index (χ1n) is 7.70. The van der Waals surface area contributed by atoms with Crippen molar-refractivity contribution in [2.45, 2.75) is 20.0 Å². The summed E-state index contributed by atoms with van der Waals surface area (Å²) in [5, 5.41) is 4.33. The minimum Gasteiger partial charge on any atom is -0.467 e. The van der Waals surface area contributed by atoms with Gasteiger partial charge in [0.2, 0.25) is 0 Å². The van der Waals surface area contributed by atoms with Crippen molar-refractivity contribution < 1.29 is 4.42 Å². The molecule has 1 aromatic carbocycles. The average Bonchev–Trinajstić information content (AvgIpc) is 3.11. The zero-order valence-electron chi connectivity index (χ0n) is 13.3. The van der Waals surface area contributed by atoms with Crippen LogP contribution in [0, 0.1) is 0 Å². The highest BCUT2D eigenvalue weighted by atomic mass is 32.1. The molecule has 0 aliphatic heterocycles. The van der Waals surface area contributed by atoms with Gasteiger partial charge in [-0.2, -0.15) is 0 Å². The summed E-state index contributed by atoms with van der Waals surface area (Å²) in [5.41, 5.74) is 0.544. The van der Waals surface area contributed by atoms with Crippen LogP contribution in [0.2, 0.25) is 0 Å². The third-order valence-corrected chi connectivity index (χ3v) is 4.07. The van der Waals surface area contributed by atoms with Crippen molar-refractivity contribution in [2.75, 3.05) is 6.54 Å². The van der Waals surface area contributed by atoms with E-state index in [9.17, 15) is 4.79 Å². The number of nitrogens with zero attached hydrogens (tertiary/aromatic N) is 2. The van der Waals surface area contributed by atoms with Crippen molar-refractivity contribution >= 4 is 28.2 Å².